The van der Waals surface area contributed by atoms with Crippen LogP contribution in [-0.4, -0.2) is 4.98 Å². The van der Waals surface area contributed by atoms with E-state index in [0.29, 0.717) is 0 Å². The number of benzene rings is 1. The molecule has 92 valence electrons. The van der Waals surface area contributed by atoms with Crippen LogP contribution in [0.2, 0.25) is 0 Å². The molecule has 19 heavy (non-hydrogen) atoms. The van der Waals surface area contributed by atoms with Gasteiger partial charge >= 0.3 is 0 Å². The van der Waals surface area contributed by atoms with Crippen LogP contribution in [0.1, 0.15) is 0 Å². The van der Waals surface area contributed by atoms with Crippen LogP contribution in [0.25, 0.3) is 22.3 Å². The van der Waals surface area contributed by atoms with Crippen molar-refractivity contribution in [3.8, 4) is 22.3 Å². The molecule has 0 aliphatic carbocycles. The lowest BCUT2D eigenvalue weighted by Crippen LogP contribution is -2.26. The summed E-state index contributed by atoms with van der Waals surface area (Å²) < 4.78 is 2.06. The summed E-state index contributed by atoms with van der Waals surface area (Å²) in [6.45, 7) is 0. The van der Waals surface area contributed by atoms with Gasteiger partial charge < -0.3 is 0 Å². The van der Waals surface area contributed by atoms with Crippen molar-refractivity contribution in [2.24, 2.45) is 7.05 Å². The van der Waals surface area contributed by atoms with Crippen molar-refractivity contribution < 1.29 is 4.57 Å². The molecule has 0 unspecified atom stereocenters. The SMILES string of the molecule is C[n+]1cccc(-c2cccc(-c3cccnc3)c2)c1. The summed E-state index contributed by atoms with van der Waals surface area (Å²) in [5.41, 5.74) is 4.77. The Kier molecular flexibility index (Phi) is 3.07. The summed E-state index contributed by atoms with van der Waals surface area (Å²) in [5.74, 6) is 0. The van der Waals surface area contributed by atoms with E-state index < -0.39 is 0 Å². The van der Waals surface area contributed by atoms with Crippen molar-refractivity contribution in [3.63, 3.8) is 0 Å². The van der Waals surface area contributed by atoms with Gasteiger partial charge in [-0.1, -0.05) is 24.3 Å². The molecule has 0 saturated carbocycles. The maximum absolute atomic E-state index is 4.17. The van der Waals surface area contributed by atoms with Crippen LogP contribution in [0.15, 0.2) is 73.3 Å². The minimum absolute atomic E-state index is 1.14. The van der Waals surface area contributed by atoms with Crippen LogP contribution in [0, 0.1) is 0 Å². The summed E-state index contributed by atoms with van der Waals surface area (Å²) in [6.07, 6.45) is 7.85. The van der Waals surface area contributed by atoms with E-state index in [2.05, 4.69) is 58.2 Å². The Morgan fingerprint density at radius 1 is 0.842 bits per heavy atom. The number of hydrogen-bond donors (Lipinski definition) is 0. The number of rotatable bonds is 2. The lowest BCUT2D eigenvalue weighted by Gasteiger charge is -2.04. The zero-order chi connectivity index (χ0) is 13.1. The molecule has 3 rings (SSSR count). The first-order valence-electron chi connectivity index (χ1n) is 6.29. The van der Waals surface area contributed by atoms with Gasteiger partial charge in [0.15, 0.2) is 12.4 Å². The molecule has 2 nitrogen and oxygen atoms in total. The number of pyridine rings is 2. The number of aromatic nitrogens is 2. The second-order valence-electron chi connectivity index (χ2n) is 4.58. The Labute approximate surface area is 113 Å². The molecule has 0 atom stereocenters. The topological polar surface area (TPSA) is 16.8 Å². The molecular weight excluding hydrogens is 232 g/mol. The third-order valence-electron chi connectivity index (χ3n) is 3.13. The number of aryl methyl sites for hydroxylation is 1. The van der Waals surface area contributed by atoms with Crippen LogP contribution in [0.5, 0.6) is 0 Å². The average Bonchev–Trinajstić information content (AvgIpc) is 2.48. The summed E-state index contributed by atoms with van der Waals surface area (Å²) in [6, 6.07) is 16.8. The lowest BCUT2D eigenvalue weighted by atomic mass is 10.0. The quantitative estimate of drug-likeness (QED) is 0.635. The van der Waals surface area contributed by atoms with E-state index in [1.54, 1.807) is 6.20 Å². The monoisotopic (exact) mass is 247 g/mol. The zero-order valence-electron chi connectivity index (χ0n) is 10.8. The molecule has 2 heteroatoms. The Morgan fingerprint density at radius 2 is 1.58 bits per heavy atom. The number of hydrogen-bond acceptors (Lipinski definition) is 1. The molecule has 1 aromatic carbocycles. The minimum atomic E-state index is 1.14. The van der Waals surface area contributed by atoms with Crippen LogP contribution in [-0.2, 0) is 7.05 Å². The molecule has 0 radical (unpaired) electrons. The maximum atomic E-state index is 4.17. The average molecular weight is 247 g/mol. The highest BCUT2D eigenvalue weighted by Crippen LogP contribution is 2.24. The van der Waals surface area contributed by atoms with Crippen LogP contribution >= 0.6 is 0 Å². The predicted octanol–water partition coefficient (Wildman–Crippen LogP) is 3.24. The molecule has 0 saturated heterocycles. The van der Waals surface area contributed by atoms with E-state index in [1.807, 2.05) is 25.5 Å². The highest BCUT2D eigenvalue weighted by Gasteiger charge is 2.04. The fourth-order valence-electron chi connectivity index (χ4n) is 2.17. The van der Waals surface area contributed by atoms with Crippen molar-refractivity contribution in [2.75, 3.05) is 0 Å². The molecule has 3 aromatic rings. The third kappa shape index (κ3) is 2.52. The second kappa shape index (κ2) is 5.02. The van der Waals surface area contributed by atoms with Gasteiger partial charge in [-0.3, -0.25) is 4.98 Å². The molecule has 0 bridgehead atoms. The van der Waals surface area contributed by atoms with Gasteiger partial charge in [-0.2, -0.15) is 0 Å². The fraction of sp³-hybridized carbons (Fsp3) is 0.0588. The summed E-state index contributed by atoms with van der Waals surface area (Å²) >= 11 is 0. The van der Waals surface area contributed by atoms with Crippen molar-refractivity contribution in [2.45, 2.75) is 0 Å². The molecular formula is C17H15N2+. The number of nitrogens with zero attached hydrogens (tertiary/aromatic N) is 2. The van der Waals surface area contributed by atoms with Gasteiger partial charge in [-0.05, 0) is 29.3 Å². The van der Waals surface area contributed by atoms with Crippen LogP contribution in [0.3, 0.4) is 0 Å². The van der Waals surface area contributed by atoms with E-state index in [9.17, 15) is 0 Å². The van der Waals surface area contributed by atoms with Crippen LogP contribution < -0.4 is 4.57 Å². The Balaban J connectivity index is 2.06. The largest absolute Gasteiger partial charge is 0.264 e. The zero-order valence-corrected chi connectivity index (χ0v) is 10.8. The lowest BCUT2D eigenvalue weighted by molar-refractivity contribution is -0.671. The normalized spacial score (nSPS) is 10.4. The van der Waals surface area contributed by atoms with Gasteiger partial charge in [-0.15, -0.1) is 0 Å². The molecule has 0 aliphatic rings. The van der Waals surface area contributed by atoms with Crippen molar-refractivity contribution in [1.29, 1.82) is 0 Å². The molecule has 0 spiro atoms. The second-order valence-corrected chi connectivity index (χ2v) is 4.58. The van der Waals surface area contributed by atoms with Gasteiger partial charge in [0.05, 0.1) is 0 Å². The smallest absolute Gasteiger partial charge is 0.176 e. The van der Waals surface area contributed by atoms with Crippen molar-refractivity contribution in [1.82, 2.24) is 4.98 Å². The van der Waals surface area contributed by atoms with E-state index in [0.717, 1.165) is 5.56 Å². The molecule has 0 amide bonds. The van der Waals surface area contributed by atoms with Gasteiger partial charge in [0, 0.05) is 29.6 Å². The molecule has 0 aliphatic heterocycles. The first-order chi connectivity index (χ1) is 9.33. The Bertz CT molecular complexity index is 690. The highest BCUT2D eigenvalue weighted by molar-refractivity contribution is 5.71. The molecule has 0 fully saturated rings. The molecule has 0 N–H and O–H groups in total. The summed E-state index contributed by atoms with van der Waals surface area (Å²) in [4.78, 5) is 4.17. The van der Waals surface area contributed by atoms with E-state index in [4.69, 9.17) is 0 Å². The first-order valence-corrected chi connectivity index (χ1v) is 6.29. The van der Waals surface area contributed by atoms with Crippen molar-refractivity contribution in [3.05, 3.63) is 73.3 Å². The molecule has 2 heterocycles. The standard InChI is InChI=1S/C17H15N2/c1-19-10-4-8-17(13-19)15-6-2-5-14(11-15)16-7-3-9-18-12-16/h2-13H,1H3/q+1. The van der Waals surface area contributed by atoms with Gasteiger partial charge in [0.1, 0.15) is 7.05 Å². The Hall–Kier alpha value is -2.48. The minimum Gasteiger partial charge on any atom is -0.264 e. The van der Waals surface area contributed by atoms with E-state index in [-0.39, 0.29) is 0 Å². The van der Waals surface area contributed by atoms with E-state index in [1.165, 1.54) is 16.7 Å². The highest BCUT2D eigenvalue weighted by atomic mass is 14.9. The van der Waals surface area contributed by atoms with Crippen molar-refractivity contribution >= 4 is 0 Å². The molecule has 2 aromatic heterocycles. The first kappa shape index (κ1) is 11.6. The van der Waals surface area contributed by atoms with E-state index >= 15 is 0 Å². The maximum Gasteiger partial charge on any atom is 0.176 e. The fourth-order valence-corrected chi connectivity index (χ4v) is 2.17. The summed E-state index contributed by atoms with van der Waals surface area (Å²) in [7, 11) is 2.04. The van der Waals surface area contributed by atoms with Gasteiger partial charge in [-0.25, -0.2) is 4.57 Å². The summed E-state index contributed by atoms with van der Waals surface area (Å²) in [5, 5.41) is 0. The predicted molar refractivity (Wildman–Crippen MR) is 76.3 cm³/mol. The Morgan fingerprint density at radius 3 is 2.32 bits per heavy atom. The third-order valence-corrected chi connectivity index (χ3v) is 3.13. The van der Waals surface area contributed by atoms with Gasteiger partial charge in [0.25, 0.3) is 0 Å². The van der Waals surface area contributed by atoms with Gasteiger partial charge in [0.2, 0.25) is 0 Å². The van der Waals surface area contributed by atoms with Crippen LogP contribution in [0.4, 0.5) is 0 Å².